The van der Waals surface area contributed by atoms with Crippen molar-refractivity contribution < 1.29 is 4.79 Å². The van der Waals surface area contributed by atoms with Gasteiger partial charge < -0.3 is 0 Å². The topological polar surface area (TPSA) is 71.5 Å². The second kappa shape index (κ2) is 4.61. The molecule has 3 rings (SSSR count). The zero-order valence-corrected chi connectivity index (χ0v) is 10.4. The number of nitrogens with zero attached hydrogens (tertiary/aromatic N) is 3. The van der Waals surface area contributed by atoms with Crippen LogP contribution < -0.4 is 0 Å². The minimum absolute atomic E-state index is 0.102. The quantitative estimate of drug-likeness (QED) is 0.775. The Morgan fingerprint density at radius 2 is 2.26 bits per heavy atom. The molecule has 5 heteroatoms. The van der Waals surface area contributed by atoms with Gasteiger partial charge >= 0.3 is 0 Å². The normalized spacial score (nSPS) is 10.8. The number of pyridine rings is 2. The number of fused-ring (bicyclic) bond motifs is 1. The van der Waals surface area contributed by atoms with E-state index in [1.807, 2.05) is 18.2 Å². The first kappa shape index (κ1) is 11.5. The van der Waals surface area contributed by atoms with Gasteiger partial charge in [0.05, 0.1) is 17.6 Å². The van der Waals surface area contributed by atoms with E-state index in [2.05, 4.69) is 20.2 Å². The van der Waals surface area contributed by atoms with Crippen molar-refractivity contribution >= 4 is 16.7 Å². The third-order valence-corrected chi connectivity index (χ3v) is 2.90. The lowest BCUT2D eigenvalue weighted by Crippen LogP contribution is -1.97. The number of hydrogen-bond donors (Lipinski definition) is 1. The third kappa shape index (κ3) is 2.22. The Hall–Kier alpha value is -2.56. The van der Waals surface area contributed by atoms with Crippen LogP contribution in [0, 0.1) is 0 Å². The standard InChI is InChI=1S/C14H12N4O/c1-9(19)5-13-11-6-12(10-3-2-4-15-7-10)16-8-14(11)18-17-13/h2-4,6-8H,5H2,1H3,(H,17,18). The van der Waals surface area contributed by atoms with E-state index in [0.29, 0.717) is 6.42 Å². The van der Waals surface area contributed by atoms with Crippen molar-refractivity contribution in [2.45, 2.75) is 13.3 Å². The van der Waals surface area contributed by atoms with Gasteiger partial charge in [0.25, 0.3) is 0 Å². The van der Waals surface area contributed by atoms with E-state index in [-0.39, 0.29) is 5.78 Å². The molecule has 3 aromatic heterocycles. The van der Waals surface area contributed by atoms with Crippen molar-refractivity contribution in [3.63, 3.8) is 0 Å². The van der Waals surface area contributed by atoms with Gasteiger partial charge in [0, 0.05) is 29.8 Å². The third-order valence-electron chi connectivity index (χ3n) is 2.90. The van der Waals surface area contributed by atoms with E-state index in [1.54, 1.807) is 25.5 Å². The Labute approximate surface area is 109 Å². The van der Waals surface area contributed by atoms with Gasteiger partial charge in [-0.15, -0.1) is 0 Å². The maximum Gasteiger partial charge on any atom is 0.135 e. The molecular weight excluding hydrogens is 240 g/mol. The molecule has 0 radical (unpaired) electrons. The van der Waals surface area contributed by atoms with Gasteiger partial charge in [-0.3, -0.25) is 19.9 Å². The largest absolute Gasteiger partial charge is 0.300 e. The maximum atomic E-state index is 11.2. The van der Waals surface area contributed by atoms with Crippen LogP contribution in [0.2, 0.25) is 0 Å². The lowest BCUT2D eigenvalue weighted by Gasteiger charge is -2.00. The molecule has 0 amide bonds. The zero-order chi connectivity index (χ0) is 13.2. The highest BCUT2D eigenvalue weighted by atomic mass is 16.1. The van der Waals surface area contributed by atoms with E-state index in [0.717, 1.165) is 27.9 Å². The summed E-state index contributed by atoms with van der Waals surface area (Å²) in [6, 6.07) is 5.76. The van der Waals surface area contributed by atoms with Crippen LogP contribution in [-0.4, -0.2) is 25.9 Å². The van der Waals surface area contributed by atoms with E-state index in [4.69, 9.17) is 0 Å². The molecule has 0 bridgehead atoms. The number of H-pyrrole nitrogens is 1. The van der Waals surface area contributed by atoms with E-state index in [1.165, 1.54) is 0 Å². The van der Waals surface area contributed by atoms with E-state index in [9.17, 15) is 4.79 Å². The first-order chi connectivity index (χ1) is 9.24. The average Bonchev–Trinajstić information content (AvgIpc) is 2.82. The van der Waals surface area contributed by atoms with Crippen LogP contribution in [0.15, 0.2) is 36.8 Å². The first-order valence-corrected chi connectivity index (χ1v) is 5.97. The number of ketones is 1. The summed E-state index contributed by atoms with van der Waals surface area (Å²) in [5, 5.41) is 7.98. The summed E-state index contributed by atoms with van der Waals surface area (Å²) in [7, 11) is 0. The fourth-order valence-electron chi connectivity index (χ4n) is 2.02. The smallest absolute Gasteiger partial charge is 0.135 e. The van der Waals surface area contributed by atoms with Crippen LogP contribution in [0.1, 0.15) is 12.6 Å². The van der Waals surface area contributed by atoms with Gasteiger partial charge in [0.15, 0.2) is 0 Å². The fraction of sp³-hybridized carbons (Fsp3) is 0.143. The maximum absolute atomic E-state index is 11.2. The Morgan fingerprint density at radius 1 is 1.37 bits per heavy atom. The molecule has 1 N–H and O–H groups in total. The molecule has 0 unspecified atom stereocenters. The Morgan fingerprint density at radius 3 is 3.00 bits per heavy atom. The fourth-order valence-corrected chi connectivity index (χ4v) is 2.02. The van der Waals surface area contributed by atoms with Gasteiger partial charge in [0.2, 0.25) is 0 Å². The number of carbonyl (C=O) groups is 1. The molecule has 3 heterocycles. The summed E-state index contributed by atoms with van der Waals surface area (Å²) in [5.41, 5.74) is 3.37. The molecule has 0 aliphatic heterocycles. The highest BCUT2D eigenvalue weighted by molar-refractivity contribution is 5.88. The molecule has 0 saturated carbocycles. The van der Waals surface area contributed by atoms with Crippen molar-refractivity contribution in [2.75, 3.05) is 0 Å². The average molecular weight is 252 g/mol. The molecule has 19 heavy (non-hydrogen) atoms. The van der Waals surface area contributed by atoms with E-state index < -0.39 is 0 Å². The Balaban J connectivity index is 2.11. The molecule has 5 nitrogen and oxygen atoms in total. The van der Waals surface area contributed by atoms with Crippen LogP contribution in [-0.2, 0) is 11.2 Å². The summed E-state index contributed by atoms with van der Waals surface area (Å²) >= 11 is 0. The number of nitrogens with one attached hydrogen (secondary N) is 1. The van der Waals surface area contributed by atoms with Crippen molar-refractivity contribution in [3.05, 3.63) is 42.5 Å². The van der Waals surface area contributed by atoms with Gasteiger partial charge in [-0.25, -0.2) is 0 Å². The number of Topliss-reactive ketones (excluding diaryl/α,β-unsaturated/α-hetero) is 1. The van der Waals surface area contributed by atoms with Crippen molar-refractivity contribution in [3.8, 4) is 11.3 Å². The number of rotatable bonds is 3. The minimum Gasteiger partial charge on any atom is -0.300 e. The molecule has 0 fully saturated rings. The predicted molar refractivity (Wildman–Crippen MR) is 71.5 cm³/mol. The summed E-state index contributed by atoms with van der Waals surface area (Å²) in [6.45, 7) is 1.57. The van der Waals surface area contributed by atoms with Gasteiger partial charge in [0.1, 0.15) is 11.3 Å². The first-order valence-electron chi connectivity index (χ1n) is 5.97. The second-order valence-corrected chi connectivity index (χ2v) is 4.41. The van der Waals surface area contributed by atoms with Gasteiger partial charge in [-0.1, -0.05) is 0 Å². The van der Waals surface area contributed by atoms with Crippen LogP contribution in [0.4, 0.5) is 0 Å². The van der Waals surface area contributed by atoms with Crippen LogP contribution >= 0.6 is 0 Å². The number of aromatic amines is 1. The summed E-state index contributed by atoms with van der Waals surface area (Å²) in [6.07, 6.45) is 5.55. The molecule has 0 atom stereocenters. The number of carbonyl (C=O) groups excluding carboxylic acids is 1. The van der Waals surface area contributed by atoms with Gasteiger partial charge in [-0.2, -0.15) is 5.10 Å². The number of hydrogen-bond acceptors (Lipinski definition) is 4. The molecule has 0 aromatic carbocycles. The lowest BCUT2D eigenvalue weighted by atomic mass is 10.1. The molecule has 0 saturated heterocycles. The number of aromatic nitrogens is 4. The van der Waals surface area contributed by atoms with E-state index >= 15 is 0 Å². The molecule has 3 aromatic rings. The van der Waals surface area contributed by atoms with Gasteiger partial charge in [-0.05, 0) is 25.1 Å². The SMILES string of the molecule is CC(=O)Cc1[nH]nc2cnc(-c3cccnc3)cc12. The highest BCUT2D eigenvalue weighted by Crippen LogP contribution is 2.22. The lowest BCUT2D eigenvalue weighted by molar-refractivity contribution is -0.116. The van der Waals surface area contributed by atoms with Crippen LogP contribution in [0.3, 0.4) is 0 Å². The van der Waals surface area contributed by atoms with Crippen LogP contribution in [0.5, 0.6) is 0 Å². The van der Waals surface area contributed by atoms with Crippen molar-refractivity contribution in [1.82, 2.24) is 20.2 Å². The van der Waals surface area contributed by atoms with Crippen LogP contribution in [0.25, 0.3) is 22.2 Å². The molecular formula is C14H12N4O. The minimum atomic E-state index is 0.102. The monoisotopic (exact) mass is 252 g/mol. The molecule has 0 aliphatic rings. The second-order valence-electron chi connectivity index (χ2n) is 4.41. The summed E-state index contributed by atoms with van der Waals surface area (Å²) in [4.78, 5) is 19.7. The molecule has 0 spiro atoms. The molecule has 94 valence electrons. The Kier molecular flexibility index (Phi) is 2.79. The highest BCUT2D eigenvalue weighted by Gasteiger charge is 2.09. The zero-order valence-electron chi connectivity index (χ0n) is 10.4. The summed E-state index contributed by atoms with van der Waals surface area (Å²) in [5.74, 6) is 0.102. The van der Waals surface area contributed by atoms with Crippen molar-refractivity contribution in [1.29, 1.82) is 0 Å². The summed E-state index contributed by atoms with van der Waals surface area (Å²) < 4.78 is 0. The molecule has 0 aliphatic carbocycles. The predicted octanol–water partition coefficient (Wildman–Crippen LogP) is 2.15. The Bertz CT molecular complexity index is 734. The van der Waals surface area contributed by atoms with Crippen molar-refractivity contribution in [2.24, 2.45) is 0 Å².